The van der Waals surface area contributed by atoms with Gasteiger partial charge in [-0.3, -0.25) is 9.59 Å². The first kappa shape index (κ1) is 23.9. The summed E-state index contributed by atoms with van der Waals surface area (Å²) < 4.78 is 10.8. The summed E-state index contributed by atoms with van der Waals surface area (Å²) in [7, 11) is 1.59. The molecule has 7 heteroatoms. The van der Waals surface area contributed by atoms with Gasteiger partial charge >= 0.3 is 0 Å². The van der Waals surface area contributed by atoms with Crippen LogP contribution in [0, 0.1) is 0 Å². The van der Waals surface area contributed by atoms with E-state index in [1.165, 1.54) is 11.3 Å². The van der Waals surface area contributed by atoms with E-state index in [-0.39, 0.29) is 31.0 Å². The number of nitrogens with one attached hydrogen (secondary N) is 1. The van der Waals surface area contributed by atoms with Gasteiger partial charge in [-0.1, -0.05) is 49.1 Å². The van der Waals surface area contributed by atoms with Gasteiger partial charge in [-0.2, -0.15) is 0 Å². The van der Waals surface area contributed by atoms with Gasteiger partial charge in [0, 0.05) is 17.6 Å². The van der Waals surface area contributed by atoms with Crippen LogP contribution in [0.2, 0.25) is 5.02 Å². The third-order valence-electron chi connectivity index (χ3n) is 5.84. The zero-order valence-electron chi connectivity index (χ0n) is 18.7. The lowest BCUT2D eigenvalue weighted by molar-refractivity contribution is -0.142. The minimum absolute atomic E-state index is 0.151. The average molecular weight is 459 g/mol. The van der Waals surface area contributed by atoms with Crippen LogP contribution in [0.5, 0.6) is 11.5 Å². The maximum Gasteiger partial charge on any atom is 0.261 e. The van der Waals surface area contributed by atoms with Crippen molar-refractivity contribution < 1.29 is 19.1 Å². The van der Waals surface area contributed by atoms with Crippen LogP contribution in [0.3, 0.4) is 0 Å². The van der Waals surface area contributed by atoms with Crippen molar-refractivity contribution in [2.45, 2.75) is 57.7 Å². The zero-order chi connectivity index (χ0) is 22.9. The van der Waals surface area contributed by atoms with E-state index >= 15 is 0 Å². The summed E-state index contributed by atoms with van der Waals surface area (Å²) in [6.45, 7) is 1.79. The van der Waals surface area contributed by atoms with Gasteiger partial charge < -0.3 is 19.7 Å². The van der Waals surface area contributed by atoms with Crippen LogP contribution in [0.15, 0.2) is 48.5 Å². The van der Waals surface area contributed by atoms with E-state index < -0.39 is 6.04 Å². The molecule has 32 heavy (non-hydrogen) atoms. The average Bonchev–Trinajstić information content (AvgIpc) is 2.82. The Kier molecular flexibility index (Phi) is 8.80. The third-order valence-corrected chi connectivity index (χ3v) is 6.21. The van der Waals surface area contributed by atoms with E-state index in [0.717, 1.165) is 31.2 Å². The second kappa shape index (κ2) is 11.8. The molecule has 0 aliphatic heterocycles. The van der Waals surface area contributed by atoms with Crippen molar-refractivity contribution in [2.75, 3.05) is 13.7 Å². The number of carbonyl (C=O) groups is 2. The topological polar surface area (TPSA) is 67.9 Å². The van der Waals surface area contributed by atoms with Crippen LogP contribution >= 0.6 is 11.6 Å². The first-order chi connectivity index (χ1) is 15.5. The molecule has 0 saturated heterocycles. The Morgan fingerprint density at radius 1 is 1.06 bits per heavy atom. The molecule has 1 fully saturated rings. The molecule has 1 aliphatic rings. The molecular formula is C25H31ClN2O4. The molecule has 0 heterocycles. The van der Waals surface area contributed by atoms with Crippen LogP contribution in [0.4, 0.5) is 0 Å². The summed E-state index contributed by atoms with van der Waals surface area (Å²) in [6.07, 6.45) is 5.42. The van der Waals surface area contributed by atoms with Crippen molar-refractivity contribution in [2.24, 2.45) is 0 Å². The minimum Gasteiger partial charge on any atom is -0.497 e. The lowest BCUT2D eigenvalue weighted by atomic mass is 9.95. The van der Waals surface area contributed by atoms with Gasteiger partial charge in [-0.05, 0) is 55.7 Å². The highest BCUT2D eigenvalue weighted by Crippen LogP contribution is 2.21. The molecule has 0 radical (unpaired) electrons. The number of amides is 2. The monoisotopic (exact) mass is 458 g/mol. The summed E-state index contributed by atoms with van der Waals surface area (Å²) in [5.41, 5.74) is 0.782. The molecule has 1 unspecified atom stereocenters. The first-order valence-electron chi connectivity index (χ1n) is 11.1. The molecule has 0 aromatic heterocycles. The second-order valence-corrected chi connectivity index (χ2v) is 8.50. The van der Waals surface area contributed by atoms with Crippen molar-refractivity contribution in [3.8, 4) is 11.5 Å². The molecule has 1 aliphatic carbocycles. The number of hydrogen-bond acceptors (Lipinski definition) is 4. The summed E-state index contributed by atoms with van der Waals surface area (Å²) in [5.74, 6) is 0.821. The fraction of sp³-hybridized carbons (Fsp3) is 0.440. The second-order valence-electron chi connectivity index (χ2n) is 8.10. The van der Waals surface area contributed by atoms with Crippen LogP contribution in [0.1, 0.15) is 44.6 Å². The van der Waals surface area contributed by atoms with E-state index in [2.05, 4.69) is 5.32 Å². The number of halogens is 1. The van der Waals surface area contributed by atoms with Gasteiger partial charge in [0.1, 0.15) is 17.5 Å². The van der Waals surface area contributed by atoms with Gasteiger partial charge in [0.05, 0.1) is 7.11 Å². The molecule has 2 aromatic rings. The van der Waals surface area contributed by atoms with Crippen LogP contribution in [0.25, 0.3) is 0 Å². The maximum absolute atomic E-state index is 13.1. The Morgan fingerprint density at radius 2 is 1.72 bits per heavy atom. The Hall–Kier alpha value is -2.73. The summed E-state index contributed by atoms with van der Waals surface area (Å²) >= 11 is 6.33. The predicted octanol–water partition coefficient (Wildman–Crippen LogP) is 4.59. The standard InChI is InChI=1S/C25H31ClN2O4/c1-18(25(30)27-20-9-4-3-5-10-20)28(16-19-8-6-7-11-23(19)26)24(29)17-32-22-14-12-21(31-2)13-15-22/h6-8,11-15,18,20H,3-5,9-10,16-17H2,1-2H3,(H,27,30). The molecule has 172 valence electrons. The lowest BCUT2D eigenvalue weighted by Crippen LogP contribution is -2.51. The fourth-order valence-electron chi connectivity index (χ4n) is 3.86. The Bertz CT molecular complexity index is 897. The molecule has 1 atom stereocenters. The highest BCUT2D eigenvalue weighted by atomic mass is 35.5. The van der Waals surface area contributed by atoms with Crippen molar-refractivity contribution >= 4 is 23.4 Å². The van der Waals surface area contributed by atoms with Crippen LogP contribution in [-0.2, 0) is 16.1 Å². The van der Waals surface area contributed by atoms with Crippen molar-refractivity contribution in [1.29, 1.82) is 0 Å². The number of rotatable bonds is 9. The molecule has 1 N–H and O–H groups in total. The van der Waals surface area contributed by atoms with E-state index in [4.69, 9.17) is 21.1 Å². The molecule has 3 rings (SSSR count). The summed E-state index contributed by atoms with van der Waals surface area (Å²) in [4.78, 5) is 27.7. The highest BCUT2D eigenvalue weighted by Gasteiger charge is 2.28. The third kappa shape index (κ3) is 6.63. The fourth-order valence-corrected chi connectivity index (χ4v) is 4.06. The lowest BCUT2D eigenvalue weighted by Gasteiger charge is -2.31. The van der Waals surface area contributed by atoms with E-state index in [1.807, 2.05) is 18.2 Å². The van der Waals surface area contributed by atoms with Gasteiger partial charge in [0.15, 0.2) is 6.61 Å². The Morgan fingerprint density at radius 3 is 2.38 bits per heavy atom. The normalized spacial score (nSPS) is 15.0. The molecule has 2 aromatic carbocycles. The number of benzene rings is 2. The minimum atomic E-state index is -0.653. The summed E-state index contributed by atoms with van der Waals surface area (Å²) in [5, 5.41) is 3.68. The number of nitrogens with zero attached hydrogens (tertiary/aromatic N) is 1. The summed E-state index contributed by atoms with van der Waals surface area (Å²) in [6, 6.07) is 13.9. The van der Waals surface area contributed by atoms with Gasteiger partial charge in [-0.15, -0.1) is 0 Å². The number of methoxy groups -OCH3 is 1. The van der Waals surface area contributed by atoms with Gasteiger partial charge in [-0.25, -0.2) is 0 Å². The largest absolute Gasteiger partial charge is 0.497 e. The van der Waals surface area contributed by atoms with Crippen molar-refractivity contribution in [1.82, 2.24) is 10.2 Å². The molecule has 6 nitrogen and oxygen atoms in total. The van der Waals surface area contributed by atoms with Crippen molar-refractivity contribution in [3.05, 3.63) is 59.1 Å². The van der Waals surface area contributed by atoms with Crippen LogP contribution in [-0.4, -0.2) is 42.5 Å². The van der Waals surface area contributed by atoms with E-state index in [1.54, 1.807) is 44.4 Å². The first-order valence-corrected chi connectivity index (χ1v) is 11.5. The number of hydrogen-bond donors (Lipinski definition) is 1. The molecule has 0 bridgehead atoms. The molecule has 0 spiro atoms. The SMILES string of the molecule is COc1ccc(OCC(=O)N(Cc2ccccc2Cl)C(C)C(=O)NC2CCCCC2)cc1. The Labute approximate surface area is 194 Å². The number of carbonyl (C=O) groups excluding carboxylic acids is 2. The number of ether oxygens (including phenoxy) is 2. The molecule has 2 amide bonds. The smallest absolute Gasteiger partial charge is 0.261 e. The zero-order valence-corrected chi connectivity index (χ0v) is 19.4. The van der Waals surface area contributed by atoms with E-state index in [9.17, 15) is 9.59 Å². The maximum atomic E-state index is 13.1. The predicted molar refractivity (Wildman–Crippen MR) is 125 cm³/mol. The van der Waals surface area contributed by atoms with Crippen LogP contribution < -0.4 is 14.8 Å². The Balaban J connectivity index is 1.70. The van der Waals surface area contributed by atoms with Gasteiger partial charge in [0.25, 0.3) is 5.91 Å². The van der Waals surface area contributed by atoms with Crippen molar-refractivity contribution in [3.63, 3.8) is 0 Å². The molecule has 1 saturated carbocycles. The quantitative estimate of drug-likeness (QED) is 0.596. The highest BCUT2D eigenvalue weighted by molar-refractivity contribution is 6.31. The van der Waals surface area contributed by atoms with E-state index in [0.29, 0.717) is 16.5 Å². The molecular weight excluding hydrogens is 428 g/mol. The van der Waals surface area contributed by atoms with Gasteiger partial charge in [0.2, 0.25) is 5.91 Å².